The summed E-state index contributed by atoms with van der Waals surface area (Å²) in [6.45, 7) is 5.57. The molecule has 2 amide bonds. The van der Waals surface area contributed by atoms with Crippen molar-refractivity contribution in [1.29, 1.82) is 0 Å². The number of anilines is 1. The number of nitrogens with zero attached hydrogens (tertiary/aromatic N) is 3. The molecule has 32 heavy (non-hydrogen) atoms. The first-order valence-corrected chi connectivity index (χ1v) is 11.9. The van der Waals surface area contributed by atoms with Crippen molar-refractivity contribution in [2.45, 2.75) is 24.8 Å². The number of nitrogens with one attached hydrogen (secondary N) is 1. The topological polar surface area (TPSA) is 103 Å². The summed E-state index contributed by atoms with van der Waals surface area (Å²) in [7, 11) is -0.922. The highest BCUT2D eigenvalue weighted by Gasteiger charge is 2.29. The van der Waals surface area contributed by atoms with Gasteiger partial charge in [-0.3, -0.25) is 14.5 Å². The summed E-state index contributed by atoms with van der Waals surface area (Å²) in [6.07, 6.45) is 0. The van der Waals surface area contributed by atoms with E-state index in [4.69, 9.17) is 16.0 Å². The minimum Gasteiger partial charge on any atom is -0.456 e. The monoisotopic (exact) mass is 482 g/mol. The average molecular weight is 483 g/mol. The molecule has 0 spiro atoms. The van der Waals surface area contributed by atoms with Crippen LogP contribution in [0.2, 0.25) is 5.02 Å². The van der Waals surface area contributed by atoms with Crippen LogP contribution in [0.4, 0.5) is 5.69 Å². The van der Waals surface area contributed by atoms with Gasteiger partial charge in [0, 0.05) is 46.0 Å². The molecule has 1 aliphatic rings. The minimum atomic E-state index is -3.75. The standard InChI is InChI=1S/C21H27ClN4O5S/c1-14-5-8-18(31-14)21(28)26-11-9-25(10-12-26)15(2)20(27)23-16-6-7-17(22)19(13-16)32(29,30)24(3)4/h5-8,13,15H,9-12H2,1-4H3,(H,23,27). The molecule has 1 unspecified atom stereocenters. The molecular formula is C21H27ClN4O5S. The zero-order valence-corrected chi connectivity index (χ0v) is 20.0. The van der Waals surface area contributed by atoms with Crippen molar-refractivity contribution in [1.82, 2.24) is 14.1 Å². The maximum Gasteiger partial charge on any atom is 0.289 e. The third-order valence-electron chi connectivity index (χ3n) is 5.44. The number of rotatable bonds is 6. The second kappa shape index (κ2) is 9.62. The van der Waals surface area contributed by atoms with E-state index >= 15 is 0 Å². The van der Waals surface area contributed by atoms with Crippen LogP contribution >= 0.6 is 11.6 Å². The summed E-state index contributed by atoms with van der Waals surface area (Å²) in [4.78, 5) is 28.9. The third-order valence-corrected chi connectivity index (χ3v) is 7.73. The van der Waals surface area contributed by atoms with Crippen LogP contribution in [0.1, 0.15) is 23.2 Å². The molecule has 2 heterocycles. The van der Waals surface area contributed by atoms with E-state index in [1.54, 1.807) is 36.9 Å². The number of aryl methyl sites for hydroxylation is 1. The molecule has 0 radical (unpaired) electrons. The van der Waals surface area contributed by atoms with Crippen LogP contribution in [-0.4, -0.2) is 80.7 Å². The molecule has 1 aliphatic heterocycles. The van der Waals surface area contributed by atoms with Crippen LogP contribution in [0.25, 0.3) is 0 Å². The molecule has 1 aromatic carbocycles. The average Bonchev–Trinajstić information content (AvgIpc) is 3.20. The molecule has 174 valence electrons. The Balaban J connectivity index is 1.62. The number of sulfonamides is 1. The lowest BCUT2D eigenvalue weighted by Gasteiger charge is -2.37. The van der Waals surface area contributed by atoms with Crippen molar-refractivity contribution in [2.24, 2.45) is 0 Å². The third kappa shape index (κ3) is 5.15. The first kappa shape index (κ1) is 24.2. The maximum atomic E-state index is 12.8. The Morgan fingerprint density at radius 3 is 2.34 bits per heavy atom. The van der Waals surface area contributed by atoms with Crippen LogP contribution in [-0.2, 0) is 14.8 Å². The number of benzene rings is 1. The fraction of sp³-hybridized carbons (Fsp3) is 0.429. The summed E-state index contributed by atoms with van der Waals surface area (Å²) in [5.41, 5.74) is 0.341. The first-order valence-electron chi connectivity index (χ1n) is 10.1. The number of piperazine rings is 1. The zero-order valence-electron chi connectivity index (χ0n) is 18.5. The van der Waals surface area contributed by atoms with Crippen molar-refractivity contribution in [3.05, 3.63) is 46.9 Å². The van der Waals surface area contributed by atoms with Crippen LogP contribution in [0.5, 0.6) is 0 Å². The van der Waals surface area contributed by atoms with Gasteiger partial charge in [-0.25, -0.2) is 12.7 Å². The predicted molar refractivity (Wildman–Crippen MR) is 121 cm³/mol. The van der Waals surface area contributed by atoms with E-state index in [1.165, 1.54) is 26.2 Å². The van der Waals surface area contributed by atoms with Gasteiger partial charge in [0.05, 0.1) is 11.1 Å². The van der Waals surface area contributed by atoms with Gasteiger partial charge in [0.15, 0.2) is 5.76 Å². The van der Waals surface area contributed by atoms with Gasteiger partial charge < -0.3 is 14.6 Å². The van der Waals surface area contributed by atoms with Crippen molar-refractivity contribution in [3.8, 4) is 0 Å². The number of halogens is 1. The molecule has 11 heteroatoms. The second-order valence-corrected chi connectivity index (χ2v) is 10.4. The van der Waals surface area contributed by atoms with Gasteiger partial charge in [0.1, 0.15) is 10.7 Å². The molecule has 2 aromatic rings. The number of hydrogen-bond donors (Lipinski definition) is 1. The van der Waals surface area contributed by atoms with Gasteiger partial charge in [-0.2, -0.15) is 0 Å². The molecule has 1 fully saturated rings. The molecule has 1 N–H and O–H groups in total. The molecule has 0 aliphatic carbocycles. The van der Waals surface area contributed by atoms with E-state index in [9.17, 15) is 18.0 Å². The maximum absolute atomic E-state index is 12.8. The second-order valence-electron chi connectivity index (χ2n) is 7.84. The fourth-order valence-electron chi connectivity index (χ4n) is 3.41. The van der Waals surface area contributed by atoms with Crippen LogP contribution in [0.15, 0.2) is 39.6 Å². The van der Waals surface area contributed by atoms with Gasteiger partial charge in [-0.05, 0) is 44.2 Å². The highest BCUT2D eigenvalue weighted by atomic mass is 35.5. The summed E-state index contributed by atoms with van der Waals surface area (Å²) in [6, 6.07) is 7.30. The largest absolute Gasteiger partial charge is 0.456 e. The Bertz CT molecular complexity index is 1110. The van der Waals surface area contributed by atoms with E-state index in [-0.39, 0.29) is 21.7 Å². The van der Waals surface area contributed by atoms with Crippen LogP contribution in [0.3, 0.4) is 0 Å². The van der Waals surface area contributed by atoms with E-state index in [0.29, 0.717) is 43.4 Å². The number of hydrogen-bond acceptors (Lipinski definition) is 6. The van der Waals surface area contributed by atoms with Gasteiger partial charge in [0.25, 0.3) is 5.91 Å². The molecule has 1 saturated heterocycles. The van der Waals surface area contributed by atoms with Gasteiger partial charge in [0.2, 0.25) is 15.9 Å². The Morgan fingerprint density at radius 2 is 1.78 bits per heavy atom. The molecule has 0 saturated carbocycles. The van der Waals surface area contributed by atoms with E-state index in [2.05, 4.69) is 5.32 Å². The number of furan rings is 1. The lowest BCUT2D eigenvalue weighted by Crippen LogP contribution is -2.54. The molecule has 0 bridgehead atoms. The summed E-state index contributed by atoms with van der Waals surface area (Å²) in [5, 5.41) is 2.84. The Labute approximate surface area is 193 Å². The molecule has 1 atom stereocenters. The van der Waals surface area contributed by atoms with Gasteiger partial charge in [-0.1, -0.05) is 11.6 Å². The Morgan fingerprint density at radius 1 is 1.12 bits per heavy atom. The van der Waals surface area contributed by atoms with E-state index in [0.717, 1.165) is 4.31 Å². The normalized spacial score (nSPS) is 16.2. The van der Waals surface area contributed by atoms with Crippen molar-refractivity contribution >= 4 is 39.1 Å². The van der Waals surface area contributed by atoms with E-state index < -0.39 is 16.1 Å². The predicted octanol–water partition coefficient (Wildman–Crippen LogP) is 2.28. The van der Waals surface area contributed by atoms with Crippen molar-refractivity contribution in [3.63, 3.8) is 0 Å². The quantitative estimate of drug-likeness (QED) is 0.677. The first-order chi connectivity index (χ1) is 15.0. The molecule has 9 nitrogen and oxygen atoms in total. The van der Waals surface area contributed by atoms with Crippen molar-refractivity contribution in [2.75, 3.05) is 45.6 Å². The van der Waals surface area contributed by atoms with Crippen LogP contribution < -0.4 is 5.32 Å². The highest BCUT2D eigenvalue weighted by Crippen LogP contribution is 2.27. The molecule has 3 rings (SSSR count). The number of carbonyl (C=O) groups excluding carboxylic acids is 2. The van der Waals surface area contributed by atoms with Crippen molar-refractivity contribution < 1.29 is 22.4 Å². The van der Waals surface area contributed by atoms with Gasteiger partial charge in [-0.15, -0.1) is 0 Å². The zero-order chi connectivity index (χ0) is 23.6. The van der Waals surface area contributed by atoms with E-state index in [1.807, 2.05) is 4.90 Å². The highest BCUT2D eigenvalue weighted by molar-refractivity contribution is 7.89. The number of amides is 2. The smallest absolute Gasteiger partial charge is 0.289 e. The fourth-order valence-corrected chi connectivity index (χ4v) is 4.80. The SMILES string of the molecule is Cc1ccc(C(=O)N2CCN(C(C)C(=O)Nc3ccc(Cl)c(S(=O)(=O)N(C)C)c3)CC2)o1. The summed E-state index contributed by atoms with van der Waals surface area (Å²) in [5.74, 6) is 0.557. The Hall–Kier alpha value is -2.40. The lowest BCUT2D eigenvalue weighted by molar-refractivity contribution is -0.121. The van der Waals surface area contributed by atoms with Crippen LogP contribution in [0, 0.1) is 6.92 Å². The molecule has 1 aromatic heterocycles. The minimum absolute atomic E-state index is 0.0742. The lowest BCUT2D eigenvalue weighted by atomic mass is 10.2. The van der Waals surface area contributed by atoms with Gasteiger partial charge >= 0.3 is 0 Å². The number of carbonyl (C=O) groups is 2. The summed E-state index contributed by atoms with van der Waals surface area (Å²) >= 11 is 6.06. The summed E-state index contributed by atoms with van der Waals surface area (Å²) < 4.78 is 31.4. The Kier molecular flexibility index (Phi) is 7.29. The molecular weight excluding hydrogens is 456 g/mol.